The number of amides is 4. The minimum absolute atomic E-state index is 0.149. The molecule has 1 atom stereocenters. The molecule has 9 heteroatoms. The Kier molecular flexibility index (Phi) is 7.92. The molecule has 37 heavy (non-hydrogen) atoms. The van der Waals surface area contributed by atoms with Crippen LogP contribution in [-0.2, 0) is 16.1 Å². The van der Waals surface area contributed by atoms with Gasteiger partial charge in [0.1, 0.15) is 23.3 Å². The molecule has 3 aromatic carbocycles. The van der Waals surface area contributed by atoms with Crippen LogP contribution in [-0.4, -0.2) is 49.6 Å². The molecule has 1 aliphatic rings. The lowest BCUT2D eigenvalue weighted by molar-refractivity contribution is -0.124. The van der Waals surface area contributed by atoms with Gasteiger partial charge in [0.15, 0.2) is 0 Å². The molecule has 1 unspecified atom stereocenters. The number of methoxy groups -OCH3 is 2. The Balaban J connectivity index is 1.57. The van der Waals surface area contributed by atoms with Crippen molar-refractivity contribution in [3.8, 4) is 17.2 Å². The van der Waals surface area contributed by atoms with E-state index in [1.54, 1.807) is 67.8 Å². The van der Waals surface area contributed by atoms with Crippen molar-refractivity contribution in [1.82, 2.24) is 4.90 Å². The fourth-order valence-corrected chi connectivity index (χ4v) is 4.12. The van der Waals surface area contributed by atoms with E-state index in [4.69, 9.17) is 14.2 Å². The van der Waals surface area contributed by atoms with Crippen molar-refractivity contribution in [1.29, 1.82) is 0 Å². The molecular formula is C28H29N3O6. The molecule has 0 spiro atoms. The van der Waals surface area contributed by atoms with Crippen molar-refractivity contribution in [2.24, 2.45) is 0 Å². The minimum Gasteiger partial charge on any atom is -0.497 e. The number of imide groups is 1. The van der Waals surface area contributed by atoms with Gasteiger partial charge >= 0.3 is 6.03 Å². The topological polar surface area (TPSA) is 97.4 Å². The van der Waals surface area contributed by atoms with Crippen LogP contribution in [0.2, 0.25) is 0 Å². The summed E-state index contributed by atoms with van der Waals surface area (Å²) >= 11 is 0. The molecular weight excluding hydrogens is 474 g/mol. The number of nitrogens with zero attached hydrogens (tertiary/aromatic N) is 2. The first-order valence-corrected chi connectivity index (χ1v) is 11.9. The third-order valence-corrected chi connectivity index (χ3v) is 5.97. The summed E-state index contributed by atoms with van der Waals surface area (Å²) in [6.07, 6.45) is -0.200. The molecule has 0 saturated carbocycles. The zero-order valence-electron chi connectivity index (χ0n) is 21.0. The Bertz CT molecular complexity index is 1260. The Hall–Kier alpha value is -4.53. The Morgan fingerprint density at radius 2 is 1.57 bits per heavy atom. The summed E-state index contributed by atoms with van der Waals surface area (Å²) in [6.45, 7) is 2.58. The molecule has 0 radical (unpaired) electrons. The van der Waals surface area contributed by atoms with E-state index in [1.165, 1.54) is 12.0 Å². The zero-order chi connectivity index (χ0) is 26.4. The Morgan fingerprint density at radius 3 is 2.22 bits per heavy atom. The van der Waals surface area contributed by atoms with Crippen molar-refractivity contribution in [3.05, 3.63) is 78.4 Å². The van der Waals surface area contributed by atoms with Gasteiger partial charge in [-0.3, -0.25) is 9.59 Å². The van der Waals surface area contributed by atoms with Gasteiger partial charge in [-0.15, -0.1) is 0 Å². The SMILES string of the molecule is CCOc1ccc(NC(=O)CC2C(=O)N(c3cccc(OC)c3)C(=O)N2Cc2ccc(OC)cc2)cc1. The average molecular weight is 504 g/mol. The van der Waals surface area contributed by atoms with Gasteiger partial charge in [0.05, 0.1) is 32.9 Å². The largest absolute Gasteiger partial charge is 0.497 e. The monoisotopic (exact) mass is 503 g/mol. The van der Waals surface area contributed by atoms with Crippen LogP contribution in [0.5, 0.6) is 17.2 Å². The molecule has 1 aliphatic heterocycles. The smallest absolute Gasteiger partial charge is 0.332 e. The number of urea groups is 1. The van der Waals surface area contributed by atoms with Gasteiger partial charge in [-0.2, -0.15) is 0 Å². The number of rotatable bonds is 10. The summed E-state index contributed by atoms with van der Waals surface area (Å²) in [5.41, 5.74) is 1.74. The highest BCUT2D eigenvalue weighted by Crippen LogP contribution is 2.31. The molecule has 192 valence electrons. The van der Waals surface area contributed by atoms with Gasteiger partial charge < -0.3 is 24.4 Å². The Morgan fingerprint density at radius 1 is 0.892 bits per heavy atom. The molecule has 1 N–H and O–H groups in total. The van der Waals surface area contributed by atoms with Crippen LogP contribution >= 0.6 is 0 Å². The summed E-state index contributed by atoms with van der Waals surface area (Å²) in [5.74, 6) is 1.01. The molecule has 1 saturated heterocycles. The van der Waals surface area contributed by atoms with Gasteiger partial charge in [-0.1, -0.05) is 18.2 Å². The van der Waals surface area contributed by atoms with Crippen molar-refractivity contribution >= 4 is 29.2 Å². The lowest BCUT2D eigenvalue weighted by Gasteiger charge is -2.22. The van der Waals surface area contributed by atoms with Crippen molar-refractivity contribution in [3.63, 3.8) is 0 Å². The molecule has 4 amide bonds. The summed E-state index contributed by atoms with van der Waals surface area (Å²) < 4.78 is 15.9. The fourth-order valence-electron chi connectivity index (χ4n) is 4.12. The van der Waals surface area contributed by atoms with Crippen LogP contribution in [0.15, 0.2) is 72.8 Å². The molecule has 1 fully saturated rings. The van der Waals surface area contributed by atoms with E-state index in [0.29, 0.717) is 35.2 Å². The summed E-state index contributed by atoms with van der Waals surface area (Å²) in [5, 5.41) is 2.81. The first-order valence-electron chi connectivity index (χ1n) is 11.9. The van der Waals surface area contributed by atoms with E-state index < -0.39 is 18.0 Å². The van der Waals surface area contributed by atoms with Crippen LogP contribution in [0.25, 0.3) is 0 Å². The molecule has 0 bridgehead atoms. The summed E-state index contributed by atoms with van der Waals surface area (Å²) in [7, 11) is 3.08. The average Bonchev–Trinajstić information content (AvgIpc) is 3.14. The van der Waals surface area contributed by atoms with Gasteiger partial charge in [-0.05, 0) is 61.0 Å². The maximum Gasteiger partial charge on any atom is 0.332 e. The number of anilines is 2. The Labute approximate surface area is 215 Å². The van der Waals surface area contributed by atoms with E-state index in [-0.39, 0.29) is 18.9 Å². The second-order valence-corrected chi connectivity index (χ2v) is 8.36. The lowest BCUT2D eigenvalue weighted by Crippen LogP contribution is -2.37. The number of benzene rings is 3. The van der Waals surface area contributed by atoms with E-state index in [2.05, 4.69) is 5.32 Å². The van der Waals surface area contributed by atoms with Crippen molar-refractivity contribution in [2.45, 2.75) is 25.9 Å². The first kappa shape index (κ1) is 25.6. The summed E-state index contributed by atoms with van der Waals surface area (Å²) in [6, 6.07) is 19.4. The van der Waals surface area contributed by atoms with Gasteiger partial charge in [0.2, 0.25) is 5.91 Å². The predicted molar refractivity (Wildman–Crippen MR) is 139 cm³/mol. The van der Waals surface area contributed by atoms with Gasteiger partial charge in [0, 0.05) is 18.3 Å². The maximum atomic E-state index is 13.5. The second kappa shape index (κ2) is 11.5. The van der Waals surface area contributed by atoms with E-state index in [1.807, 2.05) is 19.1 Å². The molecule has 1 heterocycles. The van der Waals surface area contributed by atoms with Crippen LogP contribution in [0.4, 0.5) is 16.2 Å². The fraction of sp³-hybridized carbons (Fsp3) is 0.250. The van der Waals surface area contributed by atoms with E-state index in [0.717, 1.165) is 10.5 Å². The predicted octanol–water partition coefficient (Wildman–Crippen LogP) is 4.47. The molecule has 4 rings (SSSR count). The summed E-state index contributed by atoms with van der Waals surface area (Å²) in [4.78, 5) is 42.5. The molecule has 3 aromatic rings. The zero-order valence-corrected chi connectivity index (χ0v) is 21.0. The van der Waals surface area contributed by atoms with Gasteiger partial charge in [-0.25, -0.2) is 9.69 Å². The van der Waals surface area contributed by atoms with Crippen LogP contribution < -0.4 is 24.4 Å². The van der Waals surface area contributed by atoms with Gasteiger partial charge in [0.25, 0.3) is 5.91 Å². The second-order valence-electron chi connectivity index (χ2n) is 8.36. The van der Waals surface area contributed by atoms with Crippen LogP contribution in [0.3, 0.4) is 0 Å². The normalized spacial score (nSPS) is 15.1. The minimum atomic E-state index is -0.983. The van der Waals surface area contributed by atoms with Crippen LogP contribution in [0, 0.1) is 0 Å². The number of nitrogens with one attached hydrogen (secondary N) is 1. The molecule has 9 nitrogen and oxygen atoms in total. The number of hydrogen-bond donors (Lipinski definition) is 1. The number of ether oxygens (including phenoxy) is 3. The molecule has 0 aliphatic carbocycles. The number of carbonyl (C=O) groups excluding carboxylic acids is 3. The quantitative estimate of drug-likeness (QED) is 0.410. The maximum absolute atomic E-state index is 13.5. The highest BCUT2D eigenvalue weighted by molar-refractivity contribution is 6.22. The molecule has 0 aromatic heterocycles. The highest BCUT2D eigenvalue weighted by Gasteiger charge is 2.46. The first-order chi connectivity index (χ1) is 17.9. The van der Waals surface area contributed by atoms with E-state index >= 15 is 0 Å². The van der Waals surface area contributed by atoms with Crippen molar-refractivity contribution < 1.29 is 28.6 Å². The number of hydrogen-bond acceptors (Lipinski definition) is 6. The van der Waals surface area contributed by atoms with Crippen molar-refractivity contribution in [2.75, 3.05) is 31.0 Å². The van der Waals surface area contributed by atoms with E-state index in [9.17, 15) is 14.4 Å². The third-order valence-electron chi connectivity index (χ3n) is 5.97. The third kappa shape index (κ3) is 5.83. The number of carbonyl (C=O) groups is 3. The van der Waals surface area contributed by atoms with Crippen LogP contribution in [0.1, 0.15) is 18.9 Å². The lowest BCUT2D eigenvalue weighted by atomic mass is 10.1. The highest BCUT2D eigenvalue weighted by atomic mass is 16.5. The standard InChI is InChI=1S/C28H29N3O6/c1-4-37-23-14-10-20(11-15-23)29-26(32)17-25-27(33)31(21-6-5-7-24(16-21)36-3)28(34)30(25)18-19-8-12-22(35-2)13-9-19/h5-16,25H,4,17-18H2,1-3H3,(H,29,32).